The summed E-state index contributed by atoms with van der Waals surface area (Å²) in [4.78, 5) is 14.8. The van der Waals surface area contributed by atoms with Crippen LogP contribution in [0, 0.1) is 13.7 Å². The molecule has 0 fully saturated rings. The van der Waals surface area contributed by atoms with Crippen molar-refractivity contribution in [1.29, 1.82) is 0 Å². The lowest BCUT2D eigenvalue weighted by Gasteiger charge is -2.06. The van der Waals surface area contributed by atoms with E-state index >= 15 is 0 Å². The molecular weight excluding hydrogens is 359 g/mol. The molecule has 7 heteroatoms. The first-order chi connectivity index (χ1) is 9.16. The standard InChI is InChI=1S/C12H7IN4O2/c13-8-5-15-16(7-8)12-9-3-1-2-4-10(9)14-6-11(12)17(18)19/h1-7H. The van der Waals surface area contributed by atoms with E-state index in [1.165, 1.54) is 10.9 Å². The predicted molar refractivity (Wildman–Crippen MR) is 78.2 cm³/mol. The highest BCUT2D eigenvalue weighted by molar-refractivity contribution is 14.1. The minimum Gasteiger partial charge on any atom is -0.258 e. The van der Waals surface area contributed by atoms with Crippen LogP contribution < -0.4 is 0 Å². The molecule has 19 heavy (non-hydrogen) atoms. The quantitative estimate of drug-likeness (QED) is 0.397. The van der Waals surface area contributed by atoms with Gasteiger partial charge in [-0.05, 0) is 28.7 Å². The van der Waals surface area contributed by atoms with Crippen LogP contribution in [0.2, 0.25) is 0 Å². The average Bonchev–Trinajstić information content (AvgIpc) is 2.83. The van der Waals surface area contributed by atoms with Crippen LogP contribution in [0.15, 0.2) is 42.9 Å². The lowest BCUT2D eigenvalue weighted by molar-refractivity contribution is -0.384. The maximum Gasteiger partial charge on any atom is 0.313 e. The third-order valence-electron chi connectivity index (χ3n) is 2.70. The average molecular weight is 366 g/mol. The molecule has 0 aliphatic carbocycles. The van der Waals surface area contributed by atoms with Crippen LogP contribution in [0.25, 0.3) is 16.6 Å². The summed E-state index contributed by atoms with van der Waals surface area (Å²) < 4.78 is 2.43. The van der Waals surface area contributed by atoms with E-state index in [1.807, 2.05) is 18.2 Å². The van der Waals surface area contributed by atoms with Gasteiger partial charge in [-0.1, -0.05) is 18.2 Å². The van der Waals surface area contributed by atoms with Gasteiger partial charge in [-0.3, -0.25) is 10.1 Å². The van der Waals surface area contributed by atoms with Crippen molar-refractivity contribution in [2.75, 3.05) is 0 Å². The second-order valence-electron chi connectivity index (χ2n) is 3.87. The molecule has 0 unspecified atom stereocenters. The normalized spacial score (nSPS) is 10.8. The molecule has 3 rings (SSSR count). The summed E-state index contributed by atoms with van der Waals surface area (Å²) in [5, 5.41) is 16.0. The largest absolute Gasteiger partial charge is 0.313 e. The lowest BCUT2D eigenvalue weighted by atomic mass is 10.1. The number of nitrogens with zero attached hydrogens (tertiary/aromatic N) is 4. The van der Waals surface area contributed by atoms with Crippen molar-refractivity contribution in [1.82, 2.24) is 14.8 Å². The highest BCUT2D eigenvalue weighted by Crippen LogP contribution is 2.29. The molecule has 0 radical (unpaired) electrons. The van der Waals surface area contributed by atoms with Gasteiger partial charge < -0.3 is 0 Å². The molecule has 0 aliphatic rings. The van der Waals surface area contributed by atoms with Gasteiger partial charge in [-0.15, -0.1) is 0 Å². The number of rotatable bonds is 2. The number of halogens is 1. The Morgan fingerprint density at radius 3 is 2.74 bits per heavy atom. The van der Waals surface area contributed by atoms with Crippen LogP contribution in [0.4, 0.5) is 5.69 Å². The van der Waals surface area contributed by atoms with Crippen LogP contribution in [-0.2, 0) is 0 Å². The first kappa shape index (κ1) is 12.0. The molecule has 0 spiro atoms. The second-order valence-corrected chi connectivity index (χ2v) is 5.12. The van der Waals surface area contributed by atoms with Crippen LogP contribution in [-0.4, -0.2) is 19.7 Å². The number of aromatic nitrogens is 3. The van der Waals surface area contributed by atoms with Gasteiger partial charge >= 0.3 is 5.69 Å². The number of pyridine rings is 1. The zero-order valence-electron chi connectivity index (χ0n) is 9.52. The molecule has 0 saturated carbocycles. The Morgan fingerprint density at radius 1 is 1.26 bits per heavy atom. The zero-order valence-corrected chi connectivity index (χ0v) is 11.7. The van der Waals surface area contributed by atoms with Gasteiger partial charge in [0.1, 0.15) is 6.20 Å². The van der Waals surface area contributed by atoms with Crippen LogP contribution >= 0.6 is 22.6 Å². The van der Waals surface area contributed by atoms with Crippen molar-refractivity contribution in [2.45, 2.75) is 0 Å². The van der Waals surface area contributed by atoms with Crippen molar-refractivity contribution < 1.29 is 4.92 Å². The summed E-state index contributed by atoms with van der Waals surface area (Å²) in [6, 6.07) is 7.29. The number of para-hydroxylation sites is 1. The molecule has 0 atom stereocenters. The van der Waals surface area contributed by atoms with E-state index < -0.39 is 4.92 Å². The number of hydrogen-bond donors (Lipinski definition) is 0. The van der Waals surface area contributed by atoms with E-state index in [1.54, 1.807) is 18.5 Å². The maximum atomic E-state index is 11.2. The minimum absolute atomic E-state index is 0.0572. The van der Waals surface area contributed by atoms with Crippen molar-refractivity contribution >= 4 is 39.2 Å². The highest BCUT2D eigenvalue weighted by atomic mass is 127. The number of fused-ring (bicyclic) bond motifs is 1. The smallest absolute Gasteiger partial charge is 0.258 e. The van der Waals surface area contributed by atoms with Crippen molar-refractivity contribution in [2.24, 2.45) is 0 Å². The van der Waals surface area contributed by atoms with E-state index in [0.717, 1.165) is 3.57 Å². The molecular formula is C12H7IN4O2. The van der Waals surface area contributed by atoms with E-state index in [0.29, 0.717) is 16.6 Å². The van der Waals surface area contributed by atoms with Crippen molar-refractivity contribution in [3.05, 3.63) is 56.5 Å². The zero-order chi connectivity index (χ0) is 13.4. The summed E-state index contributed by atoms with van der Waals surface area (Å²) in [7, 11) is 0. The minimum atomic E-state index is -0.441. The molecule has 6 nitrogen and oxygen atoms in total. The molecule has 2 aromatic heterocycles. The Labute approximate surface area is 121 Å². The molecule has 2 heterocycles. The van der Waals surface area contributed by atoms with Crippen LogP contribution in [0.3, 0.4) is 0 Å². The summed E-state index contributed by atoms with van der Waals surface area (Å²) in [5.41, 5.74) is 1.09. The van der Waals surface area contributed by atoms with E-state index in [2.05, 4.69) is 32.7 Å². The Morgan fingerprint density at radius 2 is 2.05 bits per heavy atom. The third-order valence-corrected chi connectivity index (χ3v) is 3.26. The van der Waals surface area contributed by atoms with Gasteiger partial charge in [0.05, 0.1) is 20.2 Å². The number of hydrogen-bond acceptors (Lipinski definition) is 4. The van der Waals surface area contributed by atoms with Gasteiger partial charge in [0.15, 0.2) is 5.69 Å². The second kappa shape index (κ2) is 4.57. The first-order valence-electron chi connectivity index (χ1n) is 5.39. The molecule has 0 saturated heterocycles. The molecule has 0 bridgehead atoms. The topological polar surface area (TPSA) is 73.8 Å². The third kappa shape index (κ3) is 2.05. The summed E-state index contributed by atoms with van der Waals surface area (Å²) in [6.45, 7) is 0. The first-order valence-corrected chi connectivity index (χ1v) is 6.47. The molecule has 3 aromatic rings. The predicted octanol–water partition coefficient (Wildman–Crippen LogP) is 2.93. The number of nitro groups is 1. The fourth-order valence-corrected chi connectivity index (χ4v) is 2.30. The molecule has 94 valence electrons. The Hall–Kier alpha value is -2.03. The van der Waals surface area contributed by atoms with Crippen molar-refractivity contribution in [3.8, 4) is 5.69 Å². The van der Waals surface area contributed by atoms with E-state index in [9.17, 15) is 10.1 Å². The fourth-order valence-electron chi connectivity index (χ4n) is 1.91. The van der Waals surface area contributed by atoms with E-state index in [-0.39, 0.29) is 5.69 Å². The molecule has 1 aromatic carbocycles. The van der Waals surface area contributed by atoms with Crippen LogP contribution in [0.5, 0.6) is 0 Å². The Kier molecular flexibility index (Phi) is 2.90. The highest BCUT2D eigenvalue weighted by Gasteiger charge is 2.20. The maximum absolute atomic E-state index is 11.2. The summed E-state index contributed by atoms with van der Waals surface area (Å²) in [5.74, 6) is 0. The van der Waals surface area contributed by atoms with Gasteiger partial charge in [-0.25, -0.2) is 9.67 Å². The van der Waals surface area contributed by atoms with Gasteiger partial charge in [0, 0.05) is 11.6 Å². The lowest BCUT2D eigenvalue weighted by Crippen LogP contribution is -2.02. The Balaban J connectivity index is 2.41. The van der Waals surface area contributed by atoms with Crippen LogP contribution in [0.1, 0.15) is 0 Å². The van der Waals surface area contributed by atoms with E-state index in [4.69, 9.17) is 0 Å². The molecule has 0 N–H and O–H groups in total. The summed E-state index contributed by atoms with van der Waals surface area (Å²) in [6.07, 6.45) is 4.67. The molecule has 0 amide bonds. The monoisotopic (exact) mass is 366 g/mol. The van der Waals surface area contributed by atoms with Crippen molar-refractivity contribution in [3.63, 3.8) is 0 Å². The van der Waals surface area contributed by atoms with Gasteiger partial charge in [-0.2, -0.15) is 5.10 Å². The van der Waals surface area contributed by atoms with Gasteiger partial charge in [0.2, 0.25) is 0 Å². The summed E-state index contributed by atoms with van der Waals surface area (Å²) >= 11 is 2.11. The fraction of sp³-hybridized carbons (Fsp3) is 0. The Bertz CT molecular complexity index is 784. The number of benzene rings is 1. The SMILES string of the molecule is O=[N+]([O-])c1cnc2ccccc2c1-n1cc(I)cn1. The van der Waals surface area contributed by atoms with Gasteiger partial charge in [0.25, 0.3) is 0 Å². The molecule has 0 aliphatic heterocycles.